The summed E-state index contributed by atoms with van der Waals surface area (Å²) in [4.78, 5) is 6.27. The van der Waals surface area contributed by atoms with E-state index in [-0.39, 0.29) is 0 Å². The van der Waals surface area contributed by atoms with Crippen LogP contribution in [0.3, 0.4) is 0 Å². The van der Waals surface area contributed by atoms with E-state index in [0.717, 1.165) is 12.2 Å². The molecule has 1 heterocycles. The maximum absolute atomic E-state index is 9.33. The fourth-order valence-electron chi connectivity index (χ4n) is 1.49. The Hall–Kier alpha value is -1.60. The van der Waals surface area contributed by atoms with Gasteiger partial charge in [-0.1, -0.05) is 0 Å². The lowest BCUT2D eigenvalue weighted by atomic mass is 10.2. The van der Waals surface area contributed by atoms with Crippen molar-refractivity contribution in [1.82, 2.24) is 4.98 Å². The van der Waals surface area contributed by atoms with Gasteiger partial charge in [-0.15, -0.1) is 0 Å². The van der Waals surface area contributed by atoms with Crippen LogP contribution in [0, 0.1) is 11.3 Å². The molecule has 1 N–H and O–H groups in total. The molecule has 1 atom stereocenters. The number of hydrogen-bond donors (Lipinski definition) is 1. The third-order valence-corrected chi connectivity index (χ3v) is 2.44. The minimum atomic E-state index is -0.539. The van der Waals surface area contributed by atoms with Crippen molar-refractivity contribution in [3.05, 3.63) is 24.0 Å². The quantitative estimate of drug-likeness (QED) is 0.821. The summed E-state index contributed by atoms with van der Waals surface area (Å²) in [5.74, 6) is 0. The van der Waals surface area contributed by atoms with E-state index in [0.29, 0.717) is 18.7 Å². The molecule has 0 spiro atoms. The molecule has 0 bridgehead atoms. The molecule has 1 aromatic rings. The number of nitrogens with zero attached hydrogens (tertiary/aromatic N) is 3. The van der Waals surface area contributed by atoms with Gasteiger partial charge in [0.25, 0.3) is 0 Å². The average molecular weight is 219 g/mol. The summed E-state index contributed by atoms with van der Waals surface area (Å²) in [6.07, 6.45) is 1.71. The number of hydrogen-bond acceptors (Lipinski definition) is 4. The van der Waals surface area contributed by atoms with Gasteiger partial charge in [-0.2, -0.15) is 5.26 Å². The zero-order chi connectivity index (χ0) is 12.0. The van der Waals surface area contributed by atoms with Crippen LogP contribution in [0.4, 0.5) is 5.69 Å². The lowest BCUT2D eigenvalue weighted by Gasteiger charge is -2.21. The minimum absolute atomic E-state index is 0.506. The molecule has 0 radical (unpaired) electrons. The SMILES string of the molecule is CCN(CCC#N)c1ccc([C@H](C)O)nc1. The van der Waals surface area contributed by atoms with E-state index in [4.69, 9.17) is 5.26 Å². The first-order valence-corrected chi connectivity index (χ1v) is 5.45. The van der Waals surface area contributed by atoms with Gasteiger partial charge in [-0.3, -0.25) is 4.98 Å². The average Bonchev–Trinajstić information content (AvgIpc) is 2.30. The summed E-state index contributed by atoms with van der Waals surface area (Å²) in [6, 6.07) is 5.87. The van der Waals surface area contributed by atoms with Crippen LogP contribution in [0.2, 0.25) is 0 Å². The molecule has 0 unspecified atom stereocenters. The Morgan fingerprint density at radius 3 is 2.75 bits per heavy atom. The molecule has 0 aliphatic carbocycles. The van der Waals surface area contributed by atoms with Crippen LogP contribution in [0.15, 0.2) is 18.3 Å². The summed E-state index contributed by atoms with van der Waals surface area (Å²) in [5, 5.41) is 17.9. The number of aromatic nitrogens is 1. The van der Waals surface area contributed by atoms with E-state index in [2.05, 4.69) is 16.0 Å². The van der Waals surface area contributed by atoms with Crippen LogP contribution in [-0.2, 0) is 0 Å². The monoisotopic (exact) mass is 219 g/mol. The van der Waals surface area contributed by atoms with Crippen molar-refractivity contribution < 1.29 is 5.11 Å². The third kappa shape index (κ3) is 3.21. The van der Waals surface area contributed by atoms with E-state index in [1.807, 2.05) is 19.1 Å². The van der Waals surface area contributed by atoms with Crippen LogP contribution in [0.5, 0.6) is 0 Å². The lowest BCUT2D eigenvalue weighted by molar-refractivity contribution is 0.194. The van der Waals surface area contributed by atoms with Gasteiger partial charge in [0.2, 0.25) is 0 Å². The van der Waals surface area contributed by atoms with Crippen molar-refractivity contribution in [3.63, 3.8) is 0 Å². The fraction of sp³-hybridized carbons (Fsp3) is 0.500. The first-order chi connectivity index (χ1) is 7.69. The van der Waals surface area contributed by atoms with Gasteiger partial charge in [0.1, 0.15) is 0 Å². The molecule has 0 amide bonds. The van der Waals surface area contributed by atoms with Gasteiger partial charge in [-0.25, -0.2) is 0 Å². The number of pyridine rings is 1. The molecule has 0 aromatic carbocycles. The molecule has 0 aliphatic rings. The van der Waals surface area contributed by atoms with E-state index < -0.39 is 6.10 Å². The maximum atomic E-state index is 9.33. The van der Waals surface area contributed by atoms with Crippen molar-refractivity contribution in [2.24, 2.45) is 0 Å². The number of aliphatic hydroxyl groups excluding tert-OH is 1. The standard InChI is InChI=1S/C12H17N3O/c1-3-15(8-4-7-13)11-5-6-12(10(2)16)14-9-11/h5-6,9-10,16H,3-4,8H2,1-2H3/t10-/m0/s1. The van der Waals surface area contributed by atoms with Crippen LogP contribution in [-0.4, -0.2) is 23.2 Å². The van der Waals surface area contributed by atoms with Crippen molar-refractivity contribution in [2.75, 3.05) is 18.0 Å². The number of aliphatic hydroxyl groups is 1. The minimum Gasteiger partial charge on any atom is -0.387 e. The highest BCUT2D eigenvalue weighted by Gasteiger charge is 2.06. The van der Waals surface area contributed by atoms with E-state index in [1.54, 1.807) is 13.1 Å². The Morgan fingerprint density at radius 1 is 1.56 bits per heavy atom. The highest BCUT2D eigenvalue weighted by atomic mass is 16.3. The Morgan fingerprint density at radius 2 is 2.31 bits per heavy atom. The second-order valence-corrected chi connectivity index (χ2v) is 3.61. The number of rotatable bonds is 5. The van der Waals surface area contributed by atoms with Crippen molar-refractivity contribution >= 4 is 5.69 Å². The second-order valence-electron chi connectivity index (χ2n) is 3.61. The van der Waals surface area contributed by atoms with E-state index >= 15 is 0 Å². The molecule has 4 heteroatoms. The van der Waals surface area contributed by atoms with E-state index in [9.17, 15) is 5.11 Å². The van der Waals surface area contributed by atoms with Crippen LogP contribution in [0.25, 0.3) is 0 Å². The lowest BCUT2D eigenvalue weighted by Crippen LogP contribution is -2.23. The van der Waals surface area contributed by atoms with Gasteiger partial charge in [-0.05, 0) is 26.0 Å². The van der Waals surface area contributed by atoms with Gasteiger partial charge < -0.3 is 10.0 Å². The van der Waals surface area contributed by atoms with Gasteiger partial charge in [0.05, 0.1) is 36.2 Å². The highest BCUT2D eigenvalue weighted by Crippen LogP contribution is 2.16. The summed E-state index contributed by atoms with van der Waals surface area (Å²) in [7, 11) is 0. The van der Waals surface area contributed by atoms with Gasteiger partial charge >= 0.3 is 0 Å². The number of nitriles is 1. The topological polar surface area (TPSA) is 60.2 Å². The van der Waals surface area contributed by atoms with Crippen LogP contribution in [0.1, 0.15) is 32.1 Å². The van der Waals surface area contributed by atoms with Crippen molar-refractivity contribution in [1.29, 1.82) is 5.26 Å². The molecular formula is C12H17N3O. The van der Waals surface area contributed by atoms with Crippen molar-refractivity contribution in [3.8, 4) is 6.07 Å². The van der Waals surface area contributed by atoms with E-state index in [1.165, 1.54) is 0 Å². The normalized spacial score (nSPS) is 11.9. The molecule has 4 nitrogen and oxygen atoms in total. The maximum Gasteiger partial charge on any atom is 0.0931 e. The molecule has 1 aromatic heterocycles. The Labute approximate surface area is 96.2 Å². The highest BCUT2D eigenvalue weighted by molar-refractivity contribution is 5.44. The fourth-order valence-corrected chi connectivity index (χ4v) is 1.49. The predicted octanol–water partition coefficient (Wildman–Crippen LogP) is 1.87. The summed E-state index contributed by atoms with van der Waals surface area (Å²) in [6.45, 7) is 5.29. The zero-order valence-corrected chi connectivity index (χ0v) is 9.72. The summed E-state index contributed by atoms with van der Waals surface area (Å²) < 4.78 is 0. The largest absolute Gasteiger partial charge is 0.387 e. The molecule has 0 aliphatic heterocycles. The molecule has 16 heavy (non-hydrogen) atoms. The first-order valence-electron chi connectivity index (χ1n) is 5.45. The summed E-state index contributed by atoms with van der Waals surface area (Å²) >= 11 is 0. The van der Waals surface area contributed by atoms with Crippen LogP contribution >= 0.6 is 0 Å². The Kier molecular flexibility index (Phi) is 4.74. The zero-order valence-electron chi connectivity index (χ0n) is 9.72. The second kappa shape index (κ2) is 6.09. The Bertz CT molecular complexity index is 354. The molecule has 0 fully saturated rings. The van der Waals surface area contributed by atoms with Crippen LogP contribution < -0.4 is 4.90 Å². The molecule has 86 valence electrons. The Balaban J connectivity index is 2.75. The van der Waals surface area contributed by atoms with Gasteiger partial charge in [0, 0.05) is 13.1 Å². The molecule has 0 saturated heterocycles. The molecule has 0 saturated carbocycles. The summed E-state index contributed by atoms with van der Waals surface area (Å²) in [5.41, 5.74) is 1.65. The number of anilines is 1. The molecule has 1 rings (SSSR count). The predicted molar refractivity (Wildman–Crippen MR) is 63.0 cm³/mol. The third-order valence-electron chi connectivity index (χ3n) is 2.44. The molecular weight excluding hydrogens is 202 g/mol. The van der Waals surface area contributed by atoms with Gasteiger partial charge in [0.15, 0.2) is 0 Å². The smallest absolute Gasteiger partial charge is 0.0931 e. The van der Waals surface area contributed by atoms with Crippen molar-refractivity contribution in [2.45, 2.75) is 26.4 Å². The first kappa shape index (κ1) is 12.5.